The van der Waals surface area contributed by atoms with Crippen molar-refractivity contribution < 1.29 is 19.0 Å². The first-order chi connectivity index (χ1) is 8.29. The van der Waals surface area contributed by atoms with Gasteiger partial charge in [0.05, 0.1) is 13.2 Å². The number of para-hydroxylation sites is 2. The lowest BCUT2D eigenvalue weighted by molar-refractivity contribution is 0.0863. The van der Waals surface area contributed by atoms with Gasteiger partial charge >= 0.3 is 6.09 Å². The summed E-state index contributed by atoms with van der Waals surface area (Å²) in [6.07, 6.45) is -0.621. The molecule has 5 heteroatoms. The van der Waals surface area contributed by atoms with Gasteiger partial charge in [0.15, 0.2) is 17.6 Å². The molecule has 17 heavy (non-hydrogen) atoms. The lowest BCUT2D eigenvalue weighted by Crippen LogP contribution is -2.40. The fourth-order valence-corrected chi connectivity index (χ4v) is 1.54. The summed E-state index contributed by atoms with van der Waals surface area (Å²) >= 11 is 0. The summed E-state index contributed by atoms with van der Waals surface area (Å²) in [6, 6.07) is 7.46. The number of ether oxygens (including phenoxy) is 3. The Morgan fingerprint density at radius 1 is 1.47 bits per heavy atom. The normalized spacial score (nSPS) is 17.4. The molecule has 0 radical (unpaired) electrons. The van der Waals surface area contributed by atoms with Crippen LogP contribution in [0.15, 0.2) is 24.3 Å². The van der Waals surface area contributed by atoms with Crippen LogP contribution in [0.1, 0.15) is 6.92 Å². The van der Waals surface area contributed by atoms with Crippen molar-refractivity contribution in [2.24, 2.45) is 0 Å². The van der Waals surface area contributed by atoms with Gasteiger partial charge in [-0.25, -0.2) is 4.79 Å². The molecule has 2 rings (SSSR count). The highest BCUT2D eigenvalue weighted by atomic mass is 16.6. The first-order valence-electron chi connectivity index (χ1n) is 5.58. The molecule has 0 bridgehead atoms. The zero-order valence-corrected chi connectivity index (χ0v) is 9.64. The summed E-state index contributed by atoms with van der Waals surface area (Å²) in [6.45, 7) is 2.91. The Morgan fingerprint density at radius 3 is 3.00 bits per heavy atom. The second-order valence-electron chi connectivity index (χ2n) is 3.60. The Balaban J connectivity index is 1.84. The number of carbonyl (C=O) groups excluding carboxylic acids is 1. The number of benzene rings is 1. The van der Waals surface area contributed by atoms with E-state index in [4.69, 9.17) is 14.2 Å². The lowest BCUT2D eigenvalue weighted by Gasteiger charge is -2.26. The van der Waals surface area contributed by atoms with Gasteiger partial charge in [0.2, 0.25) is 0 Å². The number of hydrogen-bond donors (Lipinski definition) is 1. The van der Waals surface area contributed by atoms with E-state index in [2.05, 4.69) is 5.32 Å². The maximum Gasteiger partial charge on any atom is 0.407 e. The molecule has 1 unspecified atom stereocenters. The largest absolute Gasteiger partial charge is 0.486 e. The number of alkyl carbamates (subject to hydrolysis) is 1. The molecular formula is C12H15NO4. The standard InChI is InChI=1S/C12H15NO4/c1-2-15-12(14)13-7-9-8-16-10-5-3-4-6-11(10)17-9/h3-6,9H,2,7-8H2,1H3,(H,13,14). The molecular weight excluding hydrogens is 222 g/mol. The highest BCUT2D eigenvalue weighted by Gasteiger charge is 2.20. The van der Waals surface area contributed by atoms with E-state index in [0.29, 0.717) is 25.5 Å². The van der Waals surface area contributed by atoms with Gasteiger partial charge < -0.3 is 19.5 Å². The van der Waals surface area contributed by atoms with Crippen LogP contribution in [0.2, 0.25) is 0 Å². The van der Waals surface area contributed by atoms with Crippen LogP contribution >= 0.6 is 0 Å². The maximum absolute atomic E-state index is 11.1. The molecule has 92 valence electrons. The van der Waals surface area contributed by atoms with Crippen molar-refractivity contribution in [1.29, 1.82) is 0 Å². The summed E-state index contributed by atoms with van der Waals surface area (Å²) in [4.78, 5) is 11.1. The van der Waals surface area contributed by atoms with E-state index < -0.39 is 6.09 Å². The Kier molecular flexibility index (Phi) is 3.69. The first kappa shape index (κ1) is 11.6. The highest BCUT2D eigenvalue weighted by Crippen LogP contribution is 2.30. The molecule has 0 spiro atoms. The SMILES string of the molecule is CCOC(=O)NCC1COc2ccccc2O1. The Hall–Kier alpha value is -1.91. The van der Waals surface area contributed by atoms with Crippen molar-refractivity contribution in [1.82, 2.24) is 5.32 Å². The number of rotatable bonds is 3. The van der Waals surface area contributed by atoms with Crippen LogP contribution in [-0.2, 0) is 4.74 Å². The quantitative estimate of drug-likeness (QED) is 0.867. The predicted octanol–water partition coefficient (Wildman–Crippen LogP) is 1.57. The van der Waals surface area contributed by atoms with Crippen LogP contribution in [0.5, 0.6) is 11.5 Å². The molecule has 1 aliphatic rings. The Labute approximate surface area is 99.7 Å². The highest BCUT2D eigenvalue weighted by molar-refractivity contribution is 5.67. The summed E-state index contributed by atoms with van der Waals surface area (Å²) in [5.41, 5.74) is 0. The monoisotopic (exact) mass is 237 g/mol. The van der Waals surface area contributed by atoms with Crippen LogP contribution in [0.4, 0.5) is 4.79 Å². The average molecular weight is 237 g/mol. The van der Waals surface area contributed by atoms with E-state index in [0.717, 1.165) is 5.75 Å². The van der Waals surface area contributed by atoms with Gasteiger partial charge in [-0.2, -0.15) is 0 Å². The van der Waals surface area contributed by atoms with Gasteiger partial charge in [-0.3, -0.25) is 0 Å². The summed E-state index contributed by atoms with van der Waals surface area (Å²) in [5.74, 6) is 1.44. The minimum absolute atomic E-state index is 0.186. The van der Waals surface area contributed by atoms with E-state index in [9.17, 15) is 4.79 Å². The van der Waals surface area contributed by atoms with Gasteiger partial charge in [-0.15, -0.1) is 0 Å². The lowest BCUT2D eigenvalue weighted by atomic mass is 10.2. The third-order valence-corrected chi connectivity index (χ3v) is 2.32. The van der Waals surface area contributed by atoms with Crippen molar-refractivity contribution in [3.63, 3.8) is 0 Å². The molecule has 1 aliphatic heterocycles. The summed E-state index contributed by atoms with van der Waals surface area (Å²) in [5, 5.41) is 2.62. The van der Waals surface area contributed by atoms with Gasteiger partial charge in [0, 0.05) is 0 Å². The predicted molar refractivity (Wildman–Crippen MR) is 61.4 cm³/mol. The van der Waals surface area contributed by atoms with E-state index in [1.807, 2.05) is 24.3 Å². The molecule has 0 saturated carbocycles. The van der Waals surface area contributed by atoms with Crippen LogP contribution in [-0.4, -0.2) is 32.0 Å². The molecule has 5 nitrogen and oxygen atoms in total. The average Bonchev–Trinajstić information content (AvgIpc) is 2.36. The number of hydrogen-bond acceptors (Lipinski definition) is 4. The molecule has 0 fully saturated rings. The van der Waals surface area contributed by atoms with Crippen molar-refractivity contribution >= 4 is 6.09 Å². The van der Waals surface area contributed by atoms with Crippen LogP contribution in [0.3, 0.4) is 0 Å². The summed E-state index contributed by atoms with van der Waals surface area (Å²) < 4.78 is 15.9. The van der Waals surface area contributed by atoms with Crippen molar-refractivity contribution in [2.45, 2.75) is 13.0 Å². The second kappa shape index (κ2) is 5.43. The van der Waals surface area contributed by atoms with Crippen molar-refractivity contribution in [3.8, 4) is 11.5 Å². The number of amides is 1. The van der Waals surface area contributed by atoms with Crippen LogP contribution in [0, 0.1) is 0 Å². The Bertz CT molecular complexity index is 394. The smallest absolute Gasteiger partial charge is 0.407 e. The minimum Gasteiger partial charge on any atom is -0.486 e. The van der Waals surface area contributed by atoms with Gasteiger partial charge in [-0.05, 0) is 19.1 Å². The molecule has 1 aromatic carbocycles. The van der Waals surface area contributed by atoms with Gasteiger partial charge in [-0.1, -0.05) is 12.1 Å². The molecule has 1 aromatic rings. The number of fused-ring (bicyclic) bond motifs is 1. The molecule has 1 amide bonds. The second-order valence-corrected chi connectivity index (χ2v) is 3.60. The topological polar surface area (TPSA) is 56.8 Å². The van der Waals surface area contributed by atoms with Gasteiger partial charge in [0.1, 0.15) is 6.61 Å². The fourth-order valence-electron chi connectivity index (χ4n) is 1.54. The van der Waals surface area contributed by atoms with E-state index >= 15 is 0 Å². The van der Waals surface area contributed by atoms with E-state index in [-0.39, 0.29) is 6.10 Å². The van der Waals surface area contributed by atoms with Crippen LogP contribution < -0.4 is 14.8 Å². The van der Waals surface area contributed by atoms with Gasteiger partial charge in [0.25, 0.3) is 0 Å². The fraction of sp³-hybridized carbons (Fsp3) is 0.417. The minimum atomic E-state index is -0.435. The summed E-state index contributed by atoms with van der Waals surface area (Å²) in [7, 11) is 0. The van der Waals surface area contributed by atoms with Crippen molar-refractivity contribution in [3.05, 3.63) is 24.3 Å². The number of nitrogens with one attached hydrogen (secondary N) is 1. The zero-order valence-electron chi connectivity index (χ0n) is 9.64. The maximum atomic E-state index is 11.1. The molecule has 0 aliphatic carbocycles. The van der Waals surface area contributed by atoms with E-state index in [1.165, 1.54) is 0 Å². The van der Waals surface area contributed by atoms with Crippen molar-refractivity contribution in [2.75, 3.05) is 19.8 Å². The zero-order chi connectivity index (χ0) is 12.1. The number of carbonyl (C=O) groups is 1. The molecule has 1 atom stereocenters. The third kappa shape index (κ3) is 3.03. The first-order valence-corrected chi connectivity index (χ1v) is 5.58. The molecule has 1 heterocycles. The molecule has 1 N–H and O–H groups in total. The molecule has 0 aromatic heterocycles. The van der Waals surface area contributed by atoms with E-state index in [1.54, 1.807) is 6.92 Å². The molecule has 0 saturated heterocycles. The Morgan fingerprint density at radius 2 is 2.24 bits per heavy atom. The third-order valence-electron chi connectivity index (χ3n) is 2.32. The van der Waals surface area contributed by atoms with Crippen LogP contribution in [0.25, 0.3) is 0 Å².